The Morgan fingerprint density at radius 2 is 1.77 bits per heavy atom. The van der Waals surface area contributed by atoms with Crippen LogP contribution in [0.1, 0.15) is 23.2 Å². The minimum atomic E-state index is -3.52. The van der Waals surface area contributed by atoms with E-state index in [1.165, 1.54) is 28.6 Å². The molecule has 0 aromatic heterocycles. The van der Waals surface area contributed by atoms with E-state index in [0.29, 0.717) is 24.6 Å². The molecule has 1 aliphatic heterocycles. The lowest BCUT2D eigenvalue weighted by Gasteiger charge is -2.18. The Kier molecular flexibility index (Phi) is 4.81. The summed E-state index contributed by atoms with van der Waals surface area (Å²) in [6, 6.07) is 5.86. The molecule has 2 aliphatic rings. The third-order valence-corrected chi connectivity index (χ3v) is 6.50. The maximum Gasteiger partial charge on any atom is 0.248 e. The van der Waals surface area contributed by atoms with Crippen molar-refractivity contribution in [3.8, 4) is 0 Å². The zero-order valence-electron chi connectivity index (χ0n) is 12.0. The van der Waals surface area contributed by atoms with Crippen LogP contribution in [-0.4, -0.2) is 37.8 Å². The van der Waals surface area contributed by atoms with Crippen molar-refractivity contribution in [2.75, 3.05) is 13.1 Å². The van der Waals surface area contributed by atoms with Gasteiger partial charge in [0.15, 0.2) is 0 Å². The third-order valence-electron chi connectivity index (χ3n) is 4.66. The Morgan fingerprint density at radius 1 is 1.14 bits per heavy atom. The smallest absolute Gasteiger partial charge is 0.248 e. The first-order valence-electron chi connectivity index (χ1n) is 7.05. The van der Waals surface area contributed by atoms with E-state index in [0.717, 1.165) is 12.8 Å². The summed E-state index contributed by atoms with van der Waals surface area (Å²) in [4.78, 5) is 11.2. The van der Waals surface area contributed by atoms with Gasteiger partial charge in [-0.05, 0) is 48.9 Å². The van der Waals surface area contributed by atoms with Crippen molar-refractivity contribution in [3.05, 3.63) is 29.8 Å². The van der Waals surface area contributed by atoms with Gasteiger partial charge in [-0.3, -0.25) is 4.79 Å². The van der Waals surface area contributed by atoms with Gasteiger partial charge < -0.3 is 11.5 Å². The number of carbonyl (C=O) groups is 1. The van der Waals surface area contributed by atoms with Crippen LogP contribution in [0.25, 0.3) is 0 Å². The van der Waals surface area contributed by atoms with Crippen molar-refractivity contribution in [2.45, 2.75) is 23.8 Å². The van der Waals surface area contributed by atoms with Crippen LogP contribution in [0.5, 0.6) is 0 Å². The number of hydrogen-bond acceptors (Lipinski definition) is 4. The minimum absolute atomic E-state index is 0. The summed E-state index contributed by atoms with van der Waals surface area (Å²) < 4.78 is 26.8. The summed E-state index contributed by atoms with van der Waals surface area (Å²) >= 11 is 0. The van der Waals surface area contributed by atoms with Gasteiger partial charge in [-0.1, -0.05) is 0 Å². The van der Waals surface area contributed by atoms with E-state index in [1.807, 2.05) is 0 Å². The molecule has 1 aromatic carbocycles. The van der Waals surface area contributed by atoms with E-state index in [4.69, 9.17) is 11.5 Å². The Labute approximate surface area is 136 Å². The molecule has 1 amide bonds. The number of primary amides is 1. The molecule has 3 unspecified atom stereocenters. The van der Waals surface area contributed by atoms with Crippen LogP contribution in [-0.2, 0) is 10.0 Å². The first-order valence-corrected chi connectivity index (χ1v) is 8.49. The summed E-state index contributed by atoms with van der Waals surface area (Å²) in [5, 5.41) is 0. The van der Waals surface area contributed by atoms with E-state index >= 15 is 0 Å². The fourth-order valence-electron chi connectivity index (χ4n) is 3.40. The normalized spacial score (nSPS) is 28.1. The number of fused-ring (bicyclic) bond motifs is 1. The summed E-state index contributed by atoms with van der Waals surface area (Å²) in [7, 11) is -3.52. The standard InChI is InChI=1S/C14H19N3O3S.ClH/c15-13-6-3-10-7-17(8-12(10)13)21(19,20)11-4-1-9(2-5-11)14(16)18;/h1-2,4-5,10,12-13H,3,6-8,15H2,(H2,16,18);1H. The molecule has 3 atom stereocenters. The monoisotopic (exact) mass is 345 g/mol. The van der Waals surface area contributed by atoms with Crippen LogP contribution in [0, 0.1) is 11.8 Å². The van der Waals surface area contributed by atoms with Crippen molar-refractivity contribution in [2.24, 2.45) is 23.3 Å². The van der Waals surface area contributed by atoms with Crippen molar-refractivity contribution in [3.63, 3.8) is 0 Å². The zero-order valence-corrected chi connectivity index (χ0v) is 13.6. The fraction of sp³-hybridized carbons (Fsp3) is 0.500. The van der Waals surface area contributed by atoms with Gasteiger partial charge >= 0.3 is 0 Å². The molecule has 1 saturated carbocycles. The molecular weight excluding hydrogens is 326 g/mol. The molecule has 0 radical (unpaired) electrons. The molecule has 1 aromatic rings. The molecule has 1 saturated heterocycles. The average molecular weight is 346 g/mol. The lowest BCUT2D eigenvalue weighted by molar-refractivity contribution is 0.1000. The quantitative estimate of drug-likeness (QED) is 0.834. The molecule has 122 valence electrons. The number of rotatable bonds is 3. The van der Waals surface area contributed by atoms with E-state index in [2.05, 4.69) is 0 Å². The number of sulfonamides is 1. The van der Waals surface area contributed by atoms with Gasteiger partial charge in [0.1, 0.15) is 0 Å². The summed E-state index contributed by atoms with van der Waals surface area (Å²) in [5.41, 5.74) is 11.5. The number of nitrogens with zero attached hydrogens (tertiary/aromatic N) is 1. The van der Waals surface area contributed by atoms with Crippen LogP contribution in [0.4, 0.5) is 0 Å². The van der Waals surface area contributed by atoms with E-state index in [1.54, 1.807) is 0 Å². The summed E-state index contributed by atoms with van der Waals surface area (Å²) in [6.07, 6.45) is 1.98. The van der Waals surface area contributed by atoms with Crippen LogP contribution >= 0.6 is 12.4 Å². The molecule has 0 bridgehead atoms. The first-order chi connectivity index (χ1) is 9.89. The second kappa shape index (κ2) is 6.16. The molecule has 6 nitrogen and oxygen atoms in total. The SMILES string of the molecule is Cl.NC(=O)c1ccc(S(=O)(=O)N2CC3CCC(N)C3C2)cc1. The molecule has 3 rings (SSSR count). The van der Waals surface area contributed by atoms with Gasteiger partial charge in [-0.25, -0.2) is 8.42 Å². The topological polar surface area (TPSA) is 106 Å². The maximum atomic E-state index is 12.6. The second-order valence-electron chi connectivity index (χ2n) is 5.88. The van der Waals surface area contributed by atoms with E-state index in [9.17, 15) is 13.2 Å². The zero-order chi connectivity index (χ0) is 15.2. The summed E-state index contributed by atoms with van der Waals surface area (Å²) in [5.74, 6) is 0.0740. The highest BCUT2D eigenvalue weighted by Gasteiger charge is 2.44. The highest BCUT2D eigenvalue weighted by molar-refractivity contribution is 7.89. The van der Waals surface area contributed by atoms with Crippen LogP contribution in [0.2, 0.25) is 0 Å². The van der Waals surface area contributed by atoms with Gasteiger partial charge in [0, 0.05) is 24.7 Å². The van der Waals surface area contributed by atoms with Crippen molar-refractivity contribution >= 4 is 28.3 Å². The number of benzene rings is 1. The van der Waals surface area contributed by atoms with Crippen LogP contribution < -0.4 is 11.5 Å². The molecular formula is C14H20ClN3O3S. The number of halogens is 1. The Bertz CT molecular complexity index is 662. The van der Waals surface area contributed by atoms with Crippen LogP contribution in [0.15, 0.2) is 29.2 Å². The predicted molar refractivity (Wildman–Crippen MR) is 85.2 cm³/mol. The molecule has 22 heavy (non-hydrogen) atoms. The second-order valence-corrected chi connectivity index (χ2v) is 7.81. The number of amides is 1. The molecule has 1 heterocycles. The predicted octanol–water partition coefficient (Wildman–Crippen LogP) is 0.565. The van der Waals surface area contributed by atoms with Crippen molar-refractivity contribution < 1.29 is 13.2 Å². The van der Waals surface area contributed by atoms with Gasteiger partial charge in [0.05, 0.1) is 4.90 Å². The van der Waals surface area contributed by atoms with Gasteiger partial charge in [0.2, 0.25) is 15.9 Å². The number of hydrogen-bond donors (Lipinski definition) is 2. The van der Waals surface area contributed by atoms with E-state index in [-0.39, 0.29) is 29.3 Å². The maximum absolute atomic E-state index is 12.6. The average Bonchev–Trinajstić information content (AvgIpc) is 3.02. The Hall–Kier alpha value is -1.15. The molecule has 2 fully saturated rings. The summed E-state index contributed by atoms with van der Waals surface area (Å²) in [6.45, 7) is 1.03. The van der Waals surface area contributed by atoms with Gasteiger partial charge in [-0.15, -0.1) is 12.4 Å². The molecule has 0 spiro atoms. The molecule has 8 heteroatoms. The highest BCUT2D eigenvalue weighted by Crippen LogP contribution is 2.39. The van der Waals surface area contributed by atoms with Crippen molar-refractivity contribution in [1.82, 2.24) is 4.31 Å². The lowest BCUT2D eigenvalue weighted by atomic mass is 9.98. The van der Waals surface area contributed by atoms with E-state index < -0.39 is 15.9 Å². The highest BCUT2D eigenvalue weighted by atomic mass is 35.5. The molecule has 1 aliphatic carbocycles. The lowest BCUT2D eigenvalue weighted by Crippen LogP contribution is -2.33. The third kappa shape index (κ3) is 2.86. The number of carbonyl (C=O) groups excluding carboxylic acids is 1. The minimum Gasteiger partial charge on any atom is -0.366 e. The van der Waals surface area contributed by atoms with Gasteiger partial charge in [0.25, 0.3) is 0 Å². The first kappa shape index (κ1) is 17.2. The van der Waals surface area contributed by atoms with Crippen LogP contribution in [0.3, 0.4) is 0 Å². The molecule has 4 N–H and O–H groups in total. The Balaban J connectivity index is 0.00000176. The fourth-order valence-corrected chi connectivity index (χ4v) is 4.94. The van der Waals surface area contributed by atoms with Gasteiger partial charge in [-0.2, -0.15) is 4.31 Å². The largest absolute Gasteiger partial charge is 0.366 e. The number of nitrogens with two attached hydrogens (primary N) is 2. The van der Waals surface area contributed by atoms with Crippen molar-refractivity contribution in [1.29, 1.82) is 0 Å². The Morgan fingerprint density at radius 3 is 2.32 bits per heavy atom.